The Kier molecular flexibility index (Phi) is 7.39. The summed E-state index contributed by atoms with van der Waals surface area (Å²) in [5, 5.41) is 0. The Morgan fingerprint density at radius 3 is 1.71 bits per heavy atom. The average Bonchev–Trinajstić information content (AvgIpc) is 2.74. The zero-order valence-electron chi connectivity index (χ0n) is 16.1. The smallest absolute Gasteiger partial charge is 0.295 e. The molecule has 0 aliphatic carbocycles. The SMILES string of the molecule is CCOP(=O)(/C=C/c1ccccc1)N(Cc1ccccc1)Cc1ccccc1. The summed E-state index contributed by atoms with van der Waals surface area (Å²) in [4.78, 5) is 0. The first-order chi connectivity index (χ1) is 13.7. The Hall–Kier alpha value is -2.45. The molecule has 0 saturated carbocycles. The Labute approximate surface area is 167 Å². The fraction of sp³-hybridized carbons (Fsp3) is 0.167. The minimum atomic E-state index is -3.17. The van der Waals surface area contributed by atoms with Gasteiger partial charge < -0.3 is 4.52 Å². The largest absolute Gasteiger partial charge is 0.315 e. The Morgan fingerprint density at radius 2 is 1.25 bits per heavy atom. The van der Waals surface area contributed by atoms with E-state index in [-0.39, 0.29) is 0 Å². The van der Waals surface area contributed by atoms with Crippen molar-refractivity contribution >= 4 is 13.6 Å². The zero-order chi connectivity index (χ0) is 19.7. The summed E-state index contributed by atoms with van der Waals surface area (Å²) >= 11 is 0. The van der Waals surface area contributed by atoms with Crippen LogP contribution in [0.5, 0.6) is 0 Å². The average molecular weight is 391 g/mol. The highest BCUT2D eigenvalue weighted by atomic mass is 31.2. The first-order valence-electron chi connectivity index (χ1n) is 9.51. The fourth-order valence-electron chi connectivity index (χ4n) is 2.99. The van der Waals surface area contributed by atoms with Gasteiger partial charge in [-0.2, -0.15) is 0 Å². The maximum Gasteiger partial charge on any atom is 0.295 e. The van der Waals surface area contributed by atoms with E-state index in [0.717, 1.165) is 16.7 Å². The Morgan fingerprint density at radius 1 is 0.786 bits per heavy atom. The van der Waals surface area contributed by atoms with E-state index in [9.17, 15) is 4.57 Å². The molecule has 0 heterocycles. The van der Waals surface area contributed by atoms with Gasteiger partial charge in [0.05, 0.1) is 6.61 Å². The highest BCUT2D eigenvalue weighted by Crippen LogP contribution is 2.54. The molecule has 3 rings (SSSR count). The number of hydrogen-bond acceptors (Lipinski definition) is 2. The molecule has 0 aliphatic heterocycles. The maximum atomic E-state index is 13.9. The first-order valence-corrected chi connectivity index (χ1v) is 11.2. The molecule has 1 atom stereocenters. The van der Waals surface area contributed by atoms with E-state index in [4.69, 9.17) is 4.52 Å². The van der Waals surface area contributed by atoms with Crippen molar-refractivity contribution < 1.29 is 9.09 Å². The maximum absolute atomic E-state index is 13.9. The molecule has 0 amide bonds. The van der Waals surface area contributed by atoms with E-state index in [2.05, 4.69) is 24.3 Å². The lowest BCUT2D eigenvalue weighted by atomic mass is 10.2. The minimum absolute atomic E-state index is 0.385. The van der Waals surface area contributed by atoms with Crippen molar-refractivity contribution in [3.8, 4) is 0 Å². The molecule has 0 spiro atoms. The van der Waals surface area contributed by atoms with Crippen LogP contribution in [0.2, 0.25) is 0 Å². The molecule has 0 N–H and O–H groups in total. The summed E-state index contributed by atoms with van der Waals surface area (Å²) in [6.45, 7) is 3.36. The summed E-state index contributed by atoms with van der Waals surface area (Å²) < 4.78 is 21.7. The van der Waals surface area contributed by atoms with Crippen LogP contribution in [0, 0.1) is 0 Å². The molecular weight excluding hydrogens is 365 g/mol. The highest BCUT2D eigenvalue weighted by molar-refractivity contribution is 7.59. The van der Waals surface area contributed by atoms with E-state index < -0.39 is 7.52 Å². The number of rotatable bonds is 9. The molecule has 3 aromatic rings. The van der Waals surface area contributed by atoms with Gasteiger partial charge in [0.2, 0.25) is 0 Å². The lowest BCUT2D eigenvalue weighted by Crippen LogP contribution is -2.20. The predicted octanol–water partition coefficient (Wildman–Crippen LogP) is 6.59. The van der Waals surface area contributed by atoms with Crippen LogP contribution in [0.1, 0.15) is 23.6 Å². The quantitative estimate of drug-likeness (QED) is 0.385. The summed E-state index contributed by atoms with van der Waals surface area (Å²) in [5.41, 5.74) is 3.21. The summed E-state index contributed by atoms with van der Waals surface area (Å²) in [6, 6.07) is 30.1. The first kappa shape index (κ1) is 20.3. The summed E-state index contributed by atoms with van der Waals surface area (Å²) in [6.07, 6.45) is 1.89. The molecule has 3 aromatic carbocycles. The van der Waals surface area contributed by atoms with Gasteiger partial charge in [0.25, 0.3) is 7.52 Å². The molecule has 1 unspecified atom stereocenters. The van der Waals surface area contributed by atoms with Crippen LogP contribution in [0.15, 0.2) is 96.8 Å². The molecule has 3 nitrogen and oxygen atoms in total. The van der Waals surface area contributed by atoms with Gasteiger partial charge in [0, 0.05) is 18.9 Å². The van der Waals surface area contributed by atoms with E-state index in [1.54, 1.807) is 5.82 Å². The molecule has 0 fully saturated rings. The second-order valence-electron chi connectivity index (χ2n) is 6.50. The third kappa shape index (κ3) is 5.77. The fourth-order valence-corrected chi connectivity index (χ4v) is 4.88. The van der Waals surface area contributed by atoms with Crippen molar-refractivity contribution in [1.82, 2.24) is 4.67 Å². The number of hydrogen-bond donors (Lipinski definition) is 0. The van der Waals surface area contributed by atoms with Crippen molar-refractivity contribution in [2.45, 2.75) is 20.0 Å². The van der Waals surface area contributed by atoms with Gasteiger partial charge in [-0.1, -0.05) is 91.0 Å². The van der Waals surface area contributed by atoms with Gasteiger partial charge >= 0.3 is 0 Å². The summed E-state index contributed by atoms with van der Waals surface area (Å²) in [7, 11) is -3.17. The minimum Gasteiger partial charge on any atom is -0.315 e. The van der Waals surface area contributed by atoms with Crippen LogP contribution >= 0.6 is 7.52 Å². The van der Waals surface area contributed by atoms with E-state index in [1.165, 1.54) is 0 Å². The van der Waals surface area contributed by atoms with Crippen molar-refractivity contribution in [2.24, 2.45) is 0 Å². The Bertz CT molecular complexity index is 870. The second kappa shape index (κ2) is 10.2. The molecular formula is C24H26NO2P. The van der Waals surface area contributed by atoms with Gasteiger partial charge in [-0.3, -0.25) is 4.57 Å². The third-order valence-electron chi connectivity index (χ3n) is 4.38. The van der Waals surface area contributed by atoms with Crippen molar-refractivity contribution in [3.63, 3.8) is 0 Å². The van der Waals surface area contributed by atoms with Crippen LogP contribution in [-0.4, -0.2) is 11.3 Å². The molecule has 0 radical (unpaired) electrons. The third-order valence-corrected chi connectivity index (χ3v) is 6.60. The standard InChI is InChI=1S/C24H26NO2P/c1-2-27-28(26,19-18-22-12-6-3-7-13-22)25(20-23-14-8-4-9-15-23)21-24-16-10-5-11-17-24/h3-19H,2,20-21H2,1H3/b19-18+. The van der Waals surface area contributed by atoms with Gasteiger partial charge in [-0.15, -0.1) is 0 Å². The van der Waals surface area contributed by atoms with Crippen LogP contribution < -0.4 is 0 Å². The lowest BCUT2D eigenvalue weighted by molar-refractivity contribution is 0.271. The molecule has 0 aromatic heterocycles. The van der Waals surface area contributed by atoms with E-state index >= 15 is 0 Å². The van der Waals surface area contributed by atoms with Crippen LogP contribution in [-0.2, 0) is 22.2 Å². The molecule has 0 aliphatic rings. The van der Waals surface area contributed by atoms with Gasteiger partial charge in [-0.05, 0) is 29.7 Å². The van der Waals surface area contributed by atoms with Gasteiger partial charge in [0.15, 0.2) is 0 Å². The molecule has 0 bridgehead atoms. The van der Waals surface area contributed by atoms with Crippen LogP contribution in [0.4, 0.5) is 0 Å². The van der Waals surface area contributed by atoms with E-state index in [1.807, 2.05) is 84.4 Å². The summed E-state index contributed by atoms with van der Waals surface area (Å²) in [5.74, 6) is 1.73. The van der Waals surface area contributed by atoms with Crippen molar-refractivity contribution in [3.05, 3.63) is 114 Å². The molecule has 28 heavy (non-hydrogen) atoms. The van der Waals surface area contributed by atoms with Crippen LogP contribution in [0.3, 0.4) is 0 Å². The van der Waals surface area contributed by atoms with Crippen LogP contribution in [0.25, 0.3) is 6.08 Å². The lowest BCUT2D eigenvalue weighted by Gasteiger charge is -2.29. The van der Waals surface area contributed by atoms with Gasteiger partial charge in [-0.25, -0.2) is 4.67 Å². The molecule has 144 valence electrons. The number of benzene rings is 3. The monoisotopic (exact) mass is 391 g/mol. The van der Waals surface area contributed by atoms with E-state index in [0.29, 0.717) is 19.7 Å². The molecule has 0 saturated heterocycles. The number of nitrogens with zero attached hydrogens (tertiary/aromatic N) is 1. The topological polar surface area (TPSA) is 29.5 Å². The molecule has 4 heteroatoms. The van der Waals surface area contributed by atoms with Crippen molar-refractivity contribution in [2.75, 3.05) is 6.61 Å². The Balaban J connectivity index is 1.93. The highest BCUT2D eigenvalue weighted by Gasteiger charge is 2.29. The van der Waals surface area contributed by atoms with Crippen molar-refractivity contribution in [1.29, 1.82) is 0 Å². The normalized spacial score (nSPS) is 13.6. The van der Waals surface area contributed by atoms with Gasteiger partial charge in [0.1, 0.15) is 0 Å². The zero-order valence-corrected chi connectivity index (χ0v) is 17.0. The second-order valence-corrected chi connectivity index (χ2v) is 8.75. The predicted molar refractivity (Wildman–Crippen MR) is 117 cm³/mol.